The van der Waals surface area contributed by atoms with Gasteiger partial charge in [0.15, 0.2) is 0 Å². The van der Waals surface area contributed by atoms with Crippen molar-refractivity contribution in [2.45, 2.75) is 12.3 Å². The number of nitrogens with zero attached hydrogens (tertiary/aromatic N) is 1. The Labute approximate surface area is 133 Å². The summed E-state index contributed by atoms with van der Waals surface area (Å²) < 4.78 is 13.0. The van der Waals surface area contributed by atoms with Crippen LogP contribution in [-0.4, -0.2) is 23.2 Å². The molecule has 2 amide bonds. The number of urea groups is 1. The number of aryl methyl sites for hydroxylation is 1. The molecule has 1 N–H and O–H groups in total. The van der Waals surface area contributed by atoms with Crippen LogP contribution in [0.4, 0.5) is 14.9 Å². The summed E-state index contributed by atoms with van der Waals surface area (Å²) in [5.41, 5.74) is 2.88. The second kappa shape index (κ2) is 6.40. The van der Waals surface area contributed by atoms with Gasteiger partial charge in [-0.2, -0.15) is 0 Å². The van der Waals surface area contributed by atoms with Gasteiger partial charge in [-0.3, -0.25) is 0 Å². The second-order valence-electron chi connectivity index (χ2n) is 5.26. The lowest BCUT2D eigenvalue weighted by Crippen LogP contribution is -2.34. The highest BCUT2D eigenvalue weighted by atomic mass is 32.2. The van der Waals surface area contributed by atoms with Crippen molar-refractivity contribution in [3.63, 3.8) is 0 Å². The lowest BCUT2D eigenvalue weighted by atomic mass is 10.2. The maximum absolute atomic E-state index is 13.0. The fourth-order valence-electron chi connectivity index (χ4n) is 2.41. The van der Waals surface area contributed by atoms with Crippen LogP contribution < -0.4 is 5.32 Å². The quantitative estimate of drug-likeness (QED) is 0.890. The molecule has 0 bridgehead atoms. The number of hydrogen-bond donors (Lipinski definition) is 1. The molecule has 114 valence electrons. The van der Waals surface area contributed by atoms with Crippen molar-refractivity contribution >= 4 is 23.5 Å². The molecule has 0 aliphatic carbocycles. The molecule has 1 atom stereocenters. The Kier molecular flexibility index (Phi) is 4.34. The average molecular weight is 316 g/mol. The molecule has 0 aromatic heterocycles. The fourth-order valence-corrected chi connectivity index (χ4v) is 3.67. The predicted octanol–water partition coefficient (Wildman–Crippen LogP) is 4.41. The van der Waals surface area contributed by atoms with Crippen molar-refractivity contribution in [3.05, 3.63) is 65.5 Å². The number of halogens is 1. The highest BCUT2D eigenvalue weighted by molar-refractivity contribution is 7.99. The minimum atomic E-state index is -0.262. The number of anilines is 1. The standard InChI is InChI=1S/C17H17FN2OS/c1-12-2-8-15(9-3-12)19-17(21)20-10-11-22-16(20)13-4-6-14(18)7-5-13/h2-9,16H,10-11H2,1H3,(H,19,21)/t16-/m1/s1. The molecular formula is C17H17FN2OS. The van der Waals surface area contributed by atoms with Gasteiger partial charge in [-0.15, -0.1) is 11.8 Å². The largest absolute Gasteiger partial charge is 0.323 e. The van der Waals surface area contributed by atoms with E-state index in [0.29, 0.717) is 6.54 Å². The summed E-state index contributed by atoms with van der Waals surface area (Å²) >= 11 is 1.69. The summed E-state index contributed by atoms with van der Waals surface area (Å²) in [6.07, 6.45) is 0. The smallest absolute Gasteiger partial charge is 0.308 e. The summed E-state index contributed by atoms with van der Waals surface area (Å²) in [6, 6.07) is 13.9. The molecule has 1 fully saturated rings. The molecule has 0 unspecified atom stereocenters. The van der Waals surface area contributed by atoms with Crippen molar-refractivity contribution in [2.24, 2.45) is 0 Å². The minimum absolute atomic E-state index is 0.0638. The zero-order valence-electron chi connectivity index (χ0n) is 12.3. The van der Waals surface area contributed by atoms with Crippen molar-refractivity contribution in [1.82, 2.24) is 4.90 Å². The maximum atomic E-state index is 13.0. The van der Waals surface area contributed by atoms with E-state index in [2.05, 4.69) is 5.32 Å². The number of nitrogens with one attached hydrogen (secondary N) is 1. The fraction of sp³-hybridized carbons (Fsp3) is 0.235. The Morgan fingerprint density at radius 3 is 2.55 bits per heavy atom. The number of rotatable bonds is 2. The number of benzene rings is 2. The van der Waals surface area contributed by atoms with E-state index < -0.39 is 0 Å². The molecule has 2 aromatic carbocycles. The summed E-state index contributed by atoms with van der Waals surface area (Å²) in [6.45, 7) is 2.69. The number of amides is 2. The first-order valence-corrected chi connectivity index (χ1v) is 8.20. The van der Waals surface area contributed by atoms with E-state index in [-0.39, 0.29) is 17.2 Å². The van der Waals surface area contributed by atoms with Gasteiger partial charge in [0.1, 0.15) is 11.2 Å². The van der Waals surface area contributed by atoms with Gasteiger partial charge < -0.3 is 10.2 Å². The van der Waals surface area contributed by atoms with Crippen LogP contribution in [0.25, 0.3) is 0 Å². The number of hydrogen-bond acceptors (Lipinski definition) is 2. The Bertz CT molecular complexity index is 657. The molecule has 5 heteroatoms. The molecule has 1 aliphatic heterocycles. The van der Waals surface area contributed by atoms with Crippen LogP contribution in [0.5, 0.6) is 0 Å². The van der Waals surface area contributed by atoms with Crippen molar-refractivity contribution in [3.8, 4) is 0 Å². The minimum Gasteiger partial charge on any atom is -0.308 e. The van der Waals surface area contributed by atoms with Gasteiger partial charge in [-0.05, 0) is 36.8 Å². The Morgan fingerprint density at radius 2 is 1.86 bits per heavy atom. The molecule has 1 heterocycles. The molecule has 0 saturated carbocycles. The third-order valence-electron chi connectivity index (χ3n) is 3.61. The van der Waals surface area contributed by atoms with Gasteiger partial charge in [0.05, 0.1) is 0 Å². The molecule has 22 heavy (non-hydrogen) atoms. The van der Waals surface area contributed by atoms with E-state index in [4.69, 9.17) is 0 Å². The highest BCUT2D eigenvalue weighted by Gasteiger charge is 2.30. The van der Waals surface area contributed by atoms with Gasteiger partial charge in [0, 0.05) is 18.0 Å². The highest BCUT2D eigenvalue weighted by Crippen LogP contribution is 2.38. The lowest BCUT2D eigenvalue weighted by Gasteiger charge is -2.24. The molecule has 1 saturated heterocycles. The van der Waals surface area contributed by atoms with Crippen molar-refractivity contribution in [2.75, 3.05) is 17.6 Å². The summed E-state index contributed by atoms with van der Waals surface area (Å²) in [5.74, 6) is 0.617. The van der Waals surface area contributed by atoms with Crippen LogP contribution in [0.2, 0.25) is 0 Å². The van der Waals surface area contributed by atoms with E-state index in [9.17, 15) is 9.18 Å². The number of carbonyl (C=O) groups excluding carboxylic acids is 1. The van der Waals surface area contributed by atoms with Gasteiger partial charge in [-0.25, -0.2) is 9.18 Å². The van der Waals surface area contributed by atoms with Crippen LogP contribution in [0.3, 0.4) is 0 Å². The summed E-state index contributed by atoms with van der Waals surface area (Å²) in [4.78, 5) is 14.3. The Hall–Kier alpha value is -2.01. The maximum Gasteiger partial charge on any atom is 0.323 e. The SMILES string of the molecule is Cc1ccc(NC(=O)N2CCS[C@@H]2c2ccc(F)cc2)cc1. The van der Waals surface area contributed by atoms with Gasteiger partial charge in [0.25, 0.3) is 0 Å². The van der Waals surface area contributed by atoms with Crippen LogP contribution in [0.1, 0.15) is 16.5 Å². The van der Waals surface area contributed by atoms with Crippen LogP contribution in [-0.2, 0) is 0 Å². The van der Waals surface area contributed by atoms with Crippen LogP contribution in [0.15, 0.2) is 48.5 Å². The summed E-state index contributed by atoms with van der Waals surface area (Å²) in [5, 5.41) is 2.86. The first-order chi connectivity index (χ1) is 10.6. The van der Waals surface area contributed by atoms with Crippen molar-refractivity contribution in [1.29, 1.82) is 0 Å². The molecule has 1 aliphatic rings. The van der Waals surface area contributed by atoms with Crippen molar-refractivity contribution < 1.29 is 9.18 Å². The number of thioether (sulfide) groups is 1. The van der Waals surface area contributed by atoms with Gasteiger partial charge in [0.2, 0.25) is 0 Å². The van der Waals surface area contributed by atoms with Crippen LogP contribution in [0, 0.1) is 12.7 Å². The summed E-state index contributed by atoms with van der Waals surface area (Å²) in [7, 11) is 0. The molecule has 0 spiro atoms. The lowest BCUT2D eigenvalue weighted by molar-refractivity contribution is 0.214. The van der Waals surface area contributed by atoms with Gasteiger partial charge >= 0.3 is 6.03 Å². The topological polar surface area (TPSA) is 32.3 Å². The number of carbonyl (C=O) groups is 1. The Balaban J connectivity index is 1.73. The zero-order chi connectivity index (χ0) is 15.5. The predicted molar refractivity (Wildman–Crippen MR) is 88.5 cm³/mol. The first kappa shape index (κ1) is 14.9. The molecule has 0 radical (unpaired) electrons. The monoisotopic (exact) mass is 316 g/mol. The van der Waals surface area contributed by atoms with E-state index in [1.807, 2.05) is 31.2 Å². The Morgan fingerprint density at radius 1 is 1.18 bits per heavy atom. The molecule has 3 nitrogen and oxygen atoms in total. The van der Waals surface area contributed by atoms with Crippen LogP contribution >= 0.6 is 11.8 Å². The normalized spacial score (nSPS) is 17.5. The first-order valence-electron chi connectivity index (χ1n) is 7.15. The van der Waals surface area contributed by atoms with E-state index >= 15 is 0 Å². The van der Waals surface area contributed by atoms with E-state index in [1.54, 1.807) is 28.8 Å². The van der Waals surface area contributed by atoms with E-state index in [1.165, 1.54) is 12.1 Å². The molecule has 3 rings (SSSR count). The average Bonchev–Trinajstić information content (AvgIpc) is 3.00. The van der Waals surface area contributed by atoms with E-state index in [0.717, 1.165) is 22.6 Å². The third kappa shape index (κ3) is 3.25. The van der Waals surface area contributed by atoms with Gasteiger partial charge in [-0.1, -0.05) is 29.8 Å². The molecular weight excluding hydrogens is 299 g/mol. The third-order valence-corrected chi connectivity index (χ3v) is 4.87. The molecule has 2 aromatic rings. The zero-order valence-corrected chi connectivity index (χ0v) is 13.1. The second-order valence-corrected chi connectivity index (χ2v) is 6.45.